The molecule has 1 aromatic carbocycles. The number of hydrogen-bond donors (Lipinski definition) is 1. The molecule has 0 aliphatic rings. The normalized spacial score (nSPS) is 11.3. The molecule has 0 fully saturated rings. The number of esters is 2. The van der Waals surface area contributed by atoms with Crippen molar-refractivity contribution in [3.8, 4) is 11.3 Å². The van der Waals surface area contributed by atoms with Gasteiger partial charge in [-0.25, -0.2) is 19.6 Å². The first-order valence-corrected chi connectivity index (χ1v) is 8.08. The van der Waals surface area contributed by atoms with Gasteiger partial charge < -0.3 is 14.8 Å². The second kappa shape index (κ2) is 7.69. The molecule has 0 saturated heterocycles. The highest BCUT2D eigenvalue weighted by atomic mass is 16.5. The van der Waals surface area contributed by atoms with Crippen LogP contribution in [-0.4, -0.2) is 40.5 Å². The molecule has 0 amide bonds. The van der Waals surface area contributed by atoms with Crippen molar-refractivity contribution < 1.29 is 19.1 Å². The van der Waals surface area contributed by atoms with Crippen LogP contribution >= 0.6 is 0 Å². The Morgan fingerprint density at radius 1 is 1.07 bits per heavy atom. The predicted octanol–water partition coefficient (Wildman–Crippen LogP) is 2.35. The average molecular weight is 366 g/mol. The van der Waals surface area contributed by atoms with Crippen LogP contribution in [0.1, 0.15) is 5.69 Å². The number of imidazole rings is 1. The van der Waals surface area contributed by atoms with Crippen LogP contribution in [0, 0.1) is 6.92 Å². The van der Waals surface area contributed by atoms with Crippen LogP contribution in [0.4, 0.5) is 5.69 Å². The van der Waals surface area contributed by atoms with Crippen molar-refractivity contribution >= 4 is 23.4 Å². The highest BCUT2D eigenvalue weighted by Gasteiger charge is 2.13. The largest absolute Gasteiger partial charge is 0.466 e. The summed E-state index contributed by atoms with van der Waals surface area (Å²) in [5.41, 5.74) is 3.15. The molecule has 0 bridgehead atoms. The Labute approximate surface area is 155 Å². The highest BCUT2D eigenvalue weighted by molar-refractivity contribution is 5.98. The van der Waals surface area contributed by atoms with Gasteiger partial charge in [0.2, 0.25) is 5.78 Å². The maximum Gasteiger partial charge on any atom is 0.354 e. The van der Waals surface area contributed by atoms with Crippen molar-refractivity contribution in [3.63, 3.8) is 0 Å². The molecule has 0 spiro atoms. The third-order valence-corrected chi connectivity index (χ3v) is 3.79. The zero-order valence-corrected chi connectivity index (χ0v) is 15.1. The molecule has 2 heterocycles. The van der Waals surface area contributed by atoms with Crippen molar-refractivity contribution in [1.82, 2.24) is 14.4 Å². The number of nitrogens with zero attached hydrogens (tertiary/aromatic N) is 3. The van der Waals surface area contributed by atoms with Gasteiger partial charge in [0.05, 0.1) is 26.0 Å². The number of fused-ring (bicyclic) bond motifs is 1. The number of ether oxygens (including phenoxy) is 2. The number of aryl methyl sites for hydroxylation is 1. The summed E-state index contributed by atoms with van der Waals surface area (Å²) in [6, 6.07) is 9.15. The lowest BCUT2D eigenvalue weighted by atomic mass is 10.1. The molecule has 0 saturated carbocycles. The molecule has 8 heteroatoms. The molecule has 0 aliphatic heterocycles. The molecule has 0 atom stereocenters. The predicted molar refractivity (Wildman–Crippen MR) is 98.9 cm³/mol. The Balaban J connectivity index is 1.84. The van der Waals surface area contributed by atoms with Crippen molar-refractivity contribution in [2.45, 2.75) is 6.92 Å². The summed E-state index contributed by atoms with van der Waals surface area (Å²) in [5, 5.41) is 2.86. The molecule has 3 rings (SSSR count). The summed E-state index contributed by atoms with van der Waals surface area (Å²) in [5.74, 6) is -0.709. The van der Waals surface area contributed by atoms with Gasteiger partial charge in [-0.05, 0) is 25.1 Å². The Morgan fingerprint density at radius 3 is 2.48 bits per heavy atom. The number of anilines is 1. The summed E-state index contributed by atoms with van der Waals surface area (Å²) < 4.78 is 11.1. The van der Waals surface area contributed by atoms with Gasteiger partial charge in [-0.15, -0.1) is 0 Å². The number of rotatable bonds is 5. The van der Waals surface area contributed by atoms with Gasteiger partial charge >= 0.3 is 11.9 Å². The van der Waals surface area contributed by atoms with E-state index in [-0.39, 0.29) is 5.70 Å². The third-order valence-electron chi connectivity index (χ3n) is 3.79. The van der Waals surface area contributed by atoms with Crippen LogP contribution in [0.2, 0.25) is 0 Å². The van der Waals surface area contributed by atoms with E-state index in [4.69, 9.17) is 0 Å². The third kappa shape index (κ3) is 4.12. The number of carbonyl (C=O) groups excluding carboxylic acids is 2. The van der Waals surface area contributed by atoms with Crippen LogP contribution in [0.15, 0.2) is 54.5 Å². The number of hydrogen-bond acceptors (Lipinski definition) is 7. The van der Waals surface area contributed by atoms with E-state index in [0.717, 1.165) is 23.0 Å². The van der Waals surface area contributed by atoms with Gasteiger partial charge in [0.15, 0.2) is 0 Å². The van der Waals surface area contributed by atoms with Crippen LogP contribution in [0.5, 0.6) is 0 Å². The van der Waals surface area contributed by atoms with Crippen LogP contribution in [0.25, 0.3) is 17.0 Å². The number of nitrogens with one attached hydrogen (secondary N) is 1. The Morgan fingerprint density at radius 2 is 1.81 bits per heavy atom. The first-order valence-electron chi connectivity index (χ1n) is 8.08. The van der Waals surface area contributed by atoms with Crippen LogP contribution < -0.4 is 5.32 Å². The van der Waals surface area contributed by atoms with E-state index in [2.05, 4.69) is 24.8 Å². The van der Waals surface area contributed by atoms with E-state index >= 15 is 0 Å². The van der Waals surface area contributed by atoms with Gasteiger partial charge in [-0.2, -0.15) is 0 Å². The fourth-order valence-corrected chi connectivity index (χ4v) is 2.41. The van der Waals surface area contributed by atoms with E-state index in [9.17, 15) is 9.59 Å². The van der Waals surface area contributed by atoms with Crippen LogP contribution in [-0.2, 0) is 19.1 Å². The second-order valence-corrected chi connectivity index (χ2v) is 5.68. The van der Waals surface area contributed by atoms with Gasteiger partial charge in [-0.1, -0.05) is 12.1 Å². The zero-order chi connectivity index (χ0) is 19.4. The molecular formula is C19H18N4O4. The SMILES string of the molecule is COC(=O)/C=C(/Nc1ccc(-c2cn3ccc(C)nc3n2)cc1)C(=O)OC. The first kappa shape index (κ1) is 18.1. The van der Waals surface area contributed by atoms with Gasteiger partial charge in [0, 0.05) is 29.3 Å². The molecule has 138 valence electrons. The minimum Gasteiger partial charge on any atom is -0.466 e. The van der Waals surface area contributed by atoms with Crippen molar-refractivity contribution in [2.75, 3.05) is 19.5 Å². The van der Waals surface area contributed by atoms with Crippen LogP contribution in [0.3, 0.4) is 0 Å². The lowest BCUT2D eigenvalue weighted by Gasteiger charge is -2.09. The topological polar surface area (TPSA) is 94.8 Å². The van der Waals surface area contributed by atoms with E-state index in [1.807, 2.05) is 41.9 Å². The first-order chi connectivity index (χ1) is 13.0. The molecule has 0 radical (unpaired) electrons. The van der Waals surface area contributed by atoms with Crippen molar-refractivity contribution in [1.29, 1.82) is 0 Å². The lowest BCUT2D eigenvalue weighted by molar-refractivity contribution is -0.138. The van der Waals surface area contributed by atoms with E-state index in [1.165, 1.54) is 14.2 Å². The molecule has 1 N–H and O–H groups in total. The Hall–Kier alpha value is -3.68. The van der Waals surface area contributed by atoms with E-state index in [1.54, 1.807) is 12.1 Å². The summed E-state index contributed by atoms with van der Waals surface area (Å²) in [4.78, 5) is 32.1. The quantitative estimate of drug-likeness (QED) is 0.547. The minimum absolute atomic E-state index is 0.0236. The smallest absolute Gasteiger partial charge is 0.354 e. The molecular weight excluding hydrogens is 348 g/mol. The fraction of sp³-hybridized carbons (Fsp3) is 0.158. The monoisotopic (exact) mass is 366 g/mol. The van der Waals surface area contributed by atoms with E-state index < -0.39 is 11.9 Å². The summed E-state index contributed by atoms with van der Waals surface area (Å²) >= 11 is 0. The lowest BCUT2D eigenvalue weighted by Crippen LogP contribution is -2.15. The maximum absolute atomic E-state index is 11.8. The Bertz CT molecular complexity index is 1020. The standard InChI is InChI=1S/C19H18N4O4/c1-12-8-9-23-11-16(22-19(23)20-12)13-4-6-14(7-5-13)21-15(18(25)27-3)10-17(24)26-2/h4-11,21H,1-3H3/b15-10+. The number of benzene rings is 1. The fourth-order valence-electron chi connectivity index (χ4n) is 2.41. The van der Waals surface area contributed by atoms with Crippen molar-refractivity contribution in [3.05, 3.63) is 60.2 Å². The van der Waals surface area contributed by atoms with Gasteiger partial charge in [0.25, 0.3) is 0 Å². The second-order valence-electron chi connectivity index (χ2n) is 5.68. The van der Waals surface area contributed by atoms with Crippen molar-refractivity contribution in [2.24, 2.45) is 0 Å². The number of methoxy groups -OCH3 is 2. The minimum atomic E-state index is -0.675. The average Bonchev–Trinajstić information content (AvgIpc) is 3.10. The molecule has 0 aliphatic carbocycles. The zero-order valence-electron chi connectivity index (χ0n) is 15.1. The maximum atomic E-state index is 11.8. The summed E-state index contributed by atoms with van der Waals surface area (Å²) in [6.45, 7) is 1.91. The van der Waals surface area contributed by atoms with E-state index in [0.29, 0.717) is 11.5 Å². The number of aromatic nitrogens is 3. The summed E-state index contributed by atoms with van der Waals surface area (Å²) in [6.07, 6.45) is 4.83. The molecule has 0 unspecified atom stereocenters. The van der Waals surface area contributed by atoms with Gasteiger partial charge in [-0.3, -0.25) is 4.40 Å². The molecule has 27 heavy (non-hydrogen) atoms. The highest BCUT2D eigenvalue weighted by Crippen LogP contribution is 2.22. The molecule has 8 nitrogen and oxygen atoms in total. The molecule has 3 aromatic rings. The van der Waals surface area contributed by atoms with Gasteiger partial charge in [0.1, 0.15) is 5.70 Å². The summed E-state index contributed by atoms with van der Waals surface area (Å²) in [7, 11) is 2.46. The molecule has 2 aromatic heterocycles. The number of carbonyl (C=O) groups is 2. The Kier molecular flexibility index (Phi) is 5.16.